The molecule has 0 saturated heterocycles. The maximum atomic E-state index is 6.63. The molecule has 0 aliphatic heterocycles. The van der Waals surface area contributed by atoms with Crippen LogP contribution in [-0.2, 0) is 0 Å². The van der Waals surface area contributed by atoms with Crippen LogP contribution in [0, 0.1) is 5.92 Å². The van der Waals surface area contributed by atoms with E-state index in [2.05, 4.69) is 74.5 Å². The van der Waals surface area contributed by atoms with E-state index in [1.54, 1.807) is 0 Å². The van der Waals surface area contributed by atoms with Gasteiger partial charge >= 0.3 is 0 Å². The lowest BCUT2D eigenvalue weighted by molar-refractivity contribution is 0.463. The molecule has 20 heavy (non-hydrogen) atoms. The fourth-order valence-electron chi connectivity index (χ4n) is 2.87. The van der Waals surface area contributed by atoms with Gasteiger partial charge in [-0.15, -0.1) is 11.6 Å². The monoisotopic (exact) mass is 286 g/mol. The van der Waals surface area contributed by atoms with Crippen molar-refractivity contribution in [1.82, 2.24) is 0 Å². The quantitative estimate of drug-likeness (QED) is 0.583. The van der Waals surface area contributed by atoms with Gasteiger partial charge in [-0.2, -0.15) is 0 Å². The Morgan fingerprint density at radius 2 is 1.30 bits per heavy atom. The van der Waals surface area contributed by atoms with Crippen LogP contribution in [0.5, 0.6) is 0 Å². The first kappa shape index (κ1) is 15.1. The number of benzene rings is 2. The lowest BCUT2D eigenvalue weighted by atomic mass is 9.79. The van der Waals surface area contributed by atoms with Crippen LogP contribution in [0.15, 0.2) is 60.7 Å². The van der Waals surface area contributed by atoms with Crippen molar-refractivity contribution in [2.45, 2.75) is 38.0 Å². The zero-order valence-corrected chi connectivity index (χ0v) is 13.1. The molecule has 2 rings (SSSR count). The van der Waals surface area contributed by atoms with E-state index in [0.717, 1.165) is 12.8 Å². The zero-order chi connectivity index (χ0) is 14.4. The number of hydrogen-bond acceptors (Lipinski definition) is 0. The van der Waals surface area contributed by atoms with E-state index in [1.807, 2.05) is 0 Å². The molecule has 0 aliphatic carbocycles. The molecule has 0 heterocycles. The third-order valence-corrected chi connectivity index (χ3v) is 4.59. The van der Waals surface area contributed by atoms with Crippen LogP contribution < -0.4 is 0 Å². The minimum atomic E-state index is 0.213. The average Bonchev–Trinajstić information content (AvgIpc) is 2.50. The lowest BCUT2D eigenvalue weighted by Crippen LogP contribution is -2.21. The molecule has 0 nitrogen and oxygen atoms in total. The van der Waals surface area contributed by atoms with Crippen LogP contribution in [0.25, 0.3) is 0 Å². The summed E-state index contributed by atoms with van der Waals surface area (Å²) >= 11 is 6.63. The molecular weight excluding hydrogens is 264 g/mol. The Morgan fingerprint density at radius 3 is 1.70 bits per heavy atom. The van der Waals surface area contributed by atoms with Crippen LogP contribution in [0.2, 0.25) is 0 Å². The highest BCUT2D eigenvalue weighted by Crippen LogP contribution is 2.36. The first-order valence-electron chi connectivity index (χ1n) is 7.48. The maximum Gasteiger partial charge on any atom is 0.0370 e. The van der Waals surface area contributed by atoms with Crippen molar-refractivity contribution in [1.29, 1.82) is 0 Å². The van der Waals surface area contributed by atoms with E-state index < -0.39 is 0 Å². The third kappa shape index (κ3) is 3.64. The molecule has 2 atom stereocenters. The molecule has 0 N–H and O–H groups in total. The van der Waals surface area contributed by atoms with Crippen molar-refractivity contribution in [3.63, 3.8) is 0 Å². The first-order valence-corrected chi connectivity index (χ1v) is 7.91. The highest BCUT2D eigenvalue weighted by Gasteiger charge is 2.26. The van der Waals surface area contributed by atoms with Gasteiger partial charge in [-0.1, -0.05) is 80.9 Å². The maximum absolute atomic E-state index is 6.63. The average molecular weight is 287 g/mol. The van der Waals surface area contributed by atoms with E-state index in [9.17, 15) is 0 Å². The molecule has 0 fully saturated rings. The van der Waals surface area contributed by atoms with Crippen LogP contribution >= 0.6 is 11.6 Å². The van der Waals surface area contributed by atoms with Crippen molar-refractivity contribution in [2.24, 2.45) is 5.92 Å². The van der Waals surface area contributed by atoms with Gasteiger partial charge in [0.2, 0.25) is 0 Å². The summed E-state index contributed by atoms with van der Waals surface area (Å²) in [5.74, 6) is 0.785. The summed E-state index contributed by atoms with van der Waals surface area (Å²) in [7, 11) is 0. The molecule has 0 amide bonds. The van der Waals surface area contributed by atoms with Crippen molar-refractivity contribution in [2.75, 3.05) is 0 Å². The van der Waals surface area contributed by atoms with Gasteiger partial charge in [0.05, 0.1) is 0 Å². The summed E-state index contributed by atoms with van der Waals surface area (Å²) in [6.07, 6.45) is 2.20. The smallest absolute Gasteiger partial charge is 0.0370 e. The number of hydrogen-bond donors (Lipinski definition) is 0. The number of alkyl halides is 1. The third-order valence-electron chi connectivity index (χ3n) is 3.98. The van der Waals surface area contributed by atoms with Crippen molar-refractivity contribution in [3.05, 3.63) is 71.8 Å². The minimum absolute atomic E-state index is 0.213. The van der Waals surface area contributed by atoms with Crippen LogP contribution in [0.3, 0.4) is 0 Å². The summed E-state index contributed by atoms with van der Waals surface area (Å²) in [6.45, 7) is 4.47. The first-order chi connectivity index (χ1) is 9.74. The number of rotatable bonds is 6. The Kier molecular flexibility index (Phi) is 5.67. The number of halogens is 1. The SMILES string of the molecule is CCCC(Cl)C(C)C(c1ccccc1)c1ccccc1. The summed E-state index contributed by atoms with van der Waals surface area (Å²) in [4.78, 5) is 0. The standard InChI is InChI=1S/C19H23Cl/c1-3-10-18(20)15(2)19(16-11-6-4-7-12-16)17-13-8-5-9-14-17/h4-9,11-15,18-19H,3,10H2,1-2H3. The van der Waals surface area contributed by atoms with Crippen LogP contribution in [-0.4, -0.2) is 5.38 Å². The fraction of sp³-hybridized carbons (Fsp3) is 0.368. The Balaban J connectivity index is 2.35. The molecule has 0 bridgehead atoms. The predicted octanol–water partition coefficient (Wildman–Crippen LogP) is 5.86. The van der Waals surface area contributed by atoms with Gasteiger partial charge in [-0.05, 0) is 23.5 Å². The summed E-state index contributed by atoms with van der Waals surface area (Å²) in [5.41, 5.74) is 2.71. The predicted molar refractivity (Wildman–Crippen MR) is 88.4 cm³/mol. The van der Waals surface area contributed by atoms with E-state index in [4.69, 9.17) is 11.6 Å². The second kappa shape index (κ2) is 7.50. The van der Waals surface area contributed by atoms with Crippen molar-refractivity contribution >= 4 is 11.6 Å². The van der Waals surface area contributed by atoms with Crippen molar-refractivity contribution in [3.8, 4) is 0 Å². The molecule has 0 saturated carbocycles. The van der Waals surface area contributed by atoms with Gasteiger partial charge in [0.15, 0.2) is 0 Å². The molecule has 106 valence electrons. The van der Waals surface area contributed by atoms with E-state index >= 15 is 0 Å². The molecule has 0 aromatic heterocycles. The molecule has 1 heteroatoms. The summed E-state index contributed by atoms with van der Waals surface area (Å²) < 4.78 is 0. The summed E-state index contributed by atoms with van der Waals surface area (Å²) in [5, 5.41) is 0.213. The van der Waals surface area contributed by atoms with Crippen molar-refractivity contribution < 1.29 is 0 Å². The van der Waals surface area contributed by atoms with E-state index in [-0.39, 0.29) is 5.38 Å². The minimum Gasteiger partial charge on any atom is -0.123 e. The molecule has 0 aliphatic rings. The van der Waals surface area contributed by atoms with E-state index in [1.165, 1.54) is 11.1 Å². The van der Waals surface area contributed by atoms with Gasteiger partial charge in [0, 0.05) is 11.3 Å². The Morgan fingerprint density at radius 1 is 0.850 bits per heavy atom. The van der Waals surface area contributed by atoms with Gasteiger partial charge in [-0.3, -0.25) is 0 Å². The highest BCUT2D eigenvalue weighted by molar-refractivity contribution is 6.20. The second-order valence-electron chi connectivity index (χ2n) is 5.46. The molecule has 2 unspecified atom stereocenters. The van der Waals surface area contributed by atoms with Gasteiger partial charge in [0.25, 0.3) is 0 Å². The highest BCUT2D eigenvalue weighted by atomic mass is 35.5. The summed E-state index contributed by atoms with van der Waals surface area (Å²) in [6, 6.07) is 21.4. The van der Waals surface area contributed by atoms with Crippen LogP contribution in [0.1, 0.15) is 43.7 Å². The normalized spacial score (nSPS) is 14.2. The van der Waals surface area contributed by atoms with Gasteiger partial charge in [-0.25, -0.2) is 0 Å². The van der Waals surface area contributed by atoms with Gasteiger partial charge < -0.3 is 0 Å². The Labute approximate surface area is 127 Å². The Bertz CT molecular complexity index is 452. The largest absolute Gasteiger partial charge is 0.123 e. The molecule has 0 radical (unpaired) electrons. The van der Waals surface area contributed by atoms with E-state index in [0.29, 0.717) is 11.8 Å². The van der Waals surface area contributed by atoms with Crippen LogP contribution in [0.4, 0.5) is 0 Å². The fourth-order valence-corrected chi connectivity index (χ4v) is 3.23. The Hall–Kier alpha value is -1.27. The molecule has 2 aromatic rings. The molecule has 2 aromatic carbocycles. The molecular formula is C19H23Cl. The van der Waals surface area contributed by atoms with Gasteiger partial charge in [0.1, 0.15) is 0 Å². The zero-order valence-electron chi connectivity index (χ0n) is 12.3. The second-order valence-corrected chi connectivity index (χ2v) is 6.02. The lowest BCUT2D eigenvalue weighted by Gasteiger charge is -2.28. The molecule has 0 spiro atoms. The topological polar surface area (TPSA) is 0 Å².